The minimum absolute atomic E-state index is 0.137. The number of ether oxygens (including phenoxy) is 1. The molecule has 1 saturated heterocycles. The second-order valence-electron chi connectivity index (χ2n) is 5.88. The summed E-state index contributed by atoms with van der Waals surface area (Å²) in [6, 6.07) is 4.75. The van der Waals surface area contributed by atoms with Gasteiger partial charge in [-0.3, -0.25) is 9.59 Å². The Kier molecular flexibility index (Phi) is 4.82. The molecule has 0 bridgehead atoms. The van der Waals surface area contributed by atoms with E-state index in [0.29, 0.717) is 39.9 Å². The Morgan fingerprint density at radius 1 is 1.46 bits per heavy atom. The van der Waals surface area contributed by atoms with Gasteiger partial charge in [-0.15, -0.1) is 11.3 Å². The molecular weight excluding hydrogens is 333 g/mol. The predicted molar refractivity (Wildman–Crippen MR) is 88.8 cm³/mol. The molecular formula is C17H18FNO4S. The standard InChI is InChI=1S/C17H18FNO4S/c1-23-9-11-14-12(18)5-2-6-13(14)24-15(11)16(20)19-7-3-4-10(8-19)17(21)22/h2,5-6,10H,3-4,7-9H2,1H3,(H,21,22)/t10-/m1/s1. The van der Waals surface area contributed by atoms with E-state index in [9.17, 15) is 19.1 Å². The van der Waals surface area contributed by atoms with Gasteiger partial charge in [0.25, 0.3) is 5.91 Å². The van der Waals surface area contributed by atoms with Crippen LogP contribution in [0, 0.1) is 11.7 Å². The molecule has 0 aliphatic carbocycles. The Hall–Kier alpha value is -1.99. The van der Waals surface area contributed by atoms with Gasteiger partial charge in [0.05, 0.1) is 17.4 Å². The molecule has 5 nitrogen and oxygen atoms in total. The second-order valence-corrected chi connectivity index (χ2v) is 6.94. The summed E-state index contributed by atoms with van der Waals surface area (Å²) in [5.74, 6) is -2.04. The van der Waals surface area contributed by atoms with E-state index in [1.165, 1.54) is 24.5 Å². The Morgan fingerprint density at radius 3 is 2.96 bits per heavy atom. The number of hydrogen-bond acceptors (Lipinski definition) is 4. The van der Waals surface area contributed by atoms with Crippen molar-refractivity contribution in [2.45, 2.75) is 19.4 Å². The molecule has 3 rings (SSSR count). The van der Waals surface area contributed by atoms with E-state index >= 15 is 0 Å². The third-order valence-electron chi connectivity index (χ3n) is 4.30. The van der Waals surface area contributed by atoms with E-state index in [0.717, 1.165) is 0 Å². The first kappa shape index (κ1) is 16.9. The Balaban J connectivity index is 1.99. The number of carbonyl (C=O) groups is 2. The number of methoxy groups -OCH3 is 1. The van der Waals surface area contributed by atoms with Crippen LogP contribution in [0.4, 0.5) is 4.39 Å². The lowest BCUT2D eigenvalue weighted by Gasteiger charge is -2.30. The maximum absolute atomic E-state index is 14.2. The topological polar surface area (TPSA) is 66.8 Å². The smallest absolute Gasteiger partial charge is 0.308 e. The Labute approximate surface area is 142 Å². The fourth-order valence-electron chi connectivity index (χ4n) is 3.13. The number of rotatable bonds is 4. The number of benzene rings is 1. The lowest BCUT2D eigenvalue weighted by molar-refractivity contribution is -0.143. The number of nitrogens with zero attached hydrogens (tertiary/aromatic N) is 1. The normalized spacial score (nSPS) is 18.1. The highest BCUT2D eigenvalue weighted by Gasteiger charge is 2.31. The van der Waals surface area contributed by atoms with Crippen molar-refractivity contribution < 1.29 is 23.8 Å². The van der Waals surface area contributed by atoms with Crippen molar-refractivity contribution >= 4 is 33.3 Å². The minimum atomic E-state index is -0.882. The van der Waals surface area contributed by atoms with Crippen molar-refractivity contribution in [2.75, 3.05) is 20.2 Å². The van der Waals surface area contributed by atoms with E-state index in [4.69, 9.17) is 4.74 Å². The molecule has 7 heteroatoms. The Morgan fingerprint density at radius 2 is 2.25 bits per heavy atom. The summed E-state index contributed by atoms with van der Waals surface area (Å²) in [5.41, 5.74) is 0.540. The third-order valence-corrected chi connectivity index (χ3v) is 5.49. The molecule has 2 heterocycles. The molecule has 1 amide bonds. The molecule has 1 aromatic carbocycles. The van der Waals surface area contributed by atoms with Gasteiger partial charge in [-0.1, -0.05) is 6.07 Å². The van der Waals surface area contributed by atoms with Gasteiger partial charge in [0.2, 0.25) is 0 Å². The van der Waals surface area contributed by atoms with E-state index < -0.39 is 11.9 Å². The van der Waals surface area contributed by atoms with Gasteiger partial charge in [0.15, 0.2) is 0 Å². The molecule has 24 heavy (non-hydrogen) atoms. The number of carboxylic acids is 1. The highest BCUT2D eigenvalue weighted by atomic mass is 32.1. The van der Waals surface area contributed by atoms with Crippen LogP contribution in [0.2, 0.25) is 0 Å². The average Bonchev–Trinajstić information content (AvgIpc) is 2.94. The van der Waals surface area contributed by atoms with Crippen molar-refractivity contribution in [3.8, 4) is 0 Å². The fraction of sp³-hybridized carbons (Fsp3) is 0.412. The van der Waals surface area contributed by atoms with Gasteiger partial charge in [-0.25, -0.2) is 4.39 Å². The van der Waals surface area contributed by atoms with E-state index in [1.54, 1.807) is 17.0 Å². The summed E-state index contributed by atoms with van der Waals surface area (Å²) in [6.45, 7) is 0.848. The van der Waals surface area contributed by atoms with Gasteiger partial charge in [0, 0.05) is 35.8 Å². The Bertz CT molecular complexity index is 788. The quantitative estimate of drug-likeness (QED) is 0.919. The van der Waals surface area contributed by atoms with Crippen LogP contribution in [-0.2, 0) is 16.1 Å². The summed E-state index contributed by atoms with van der Waals surface area (Å²) in [7, 11) is 1.50. The monoisotopic (exact) mass is 351 g/mol. The van der Waals surface area contributed by atoms with Crippen molar-refractivity contribution in [1.82, 2.24) is 4.90 Å². The molecule has 1 aromatic heterocycles. The molecule has 1 N–H and O–H groups in total. The molecule has 2 aromatic rings. The number of carboxylic acid groups (broad SMARTS) is 1. The molecule has 1 fully saturated rings. The fourth-order valence-corrected chi connectivity index (χ4v) is 4.32. The molecule has 1 atom stereocenters. The SMILES string of the molecule is COCc1c(C(=O)N2CCC[C@@H](C(=O)O)C2)sc2cccc(F)c12. The minimum Gasteiger partial charge on any atom is -0.481 e. The summed E-state index contributed by atoms with van der Waals surface area (Å²) < 4.78 is 20.1. The molecule has 0 spiro atoms. The third kappa shape index (κ3) is 3.01. The summed E-state index contributed by atoms with van der Waals surface area (Å²) in [5, 5.41) is 9.61. The lowest BCUT2D eigenvalue weighted by Crippen LogP contribution is -2.42. The van der Waals surface area contributed by atoms with Gasteiger partial charge < -0.3 is 14.7 Å². The molecule has 0 unspecified atom stereocenters. The van der Waals surface area contributed by atoms with Gasteiger partial charge in [-0.05, 0) is 25.0 Å². The first-order valence-corrected chi connectivity index (χ1v) is 8.55. The maximum atomic E-state index is 14.2. The second kappa shape index (κ2) is 6.86. The number of fused-ring (bicyclic) bond motifs is 1. The van der Waals surface area contributed by atoms with Crippen molar-refractivity contribution in [3.63, 3.8) is 0 Å². The number of halogens is 1. The average molecular weight is 351 g/mol. The van der Waals surface area contributed by atoms with Crippen LogP contribution in [0.3, 0.4) is 0 Å². The van der Waals surface area contributed by atoms with Crippen molar-refractivity contribution in [3.05, 3.63) is 34.5 Å². The molecule has 128 valence electrons. The first-order chi connectivity index (χ1) is 11.5. The number of amides is 1. The van der Waals surface area contributed by atoms with Crippen LogP contribution in [0.25, 0.3) is 10.1 Å². The zero-order chi connectivity index (χ0) is 17.3. The van der Waals surface area contributed by atoms with Crippen LogP contribution < -0.4 is 0 Å². The molecule has 1 aliphatic rings. The highest BCUT2D eigenvalue weighted by Crippen LogP contribution is 2.35. The number of hydrogen-bond donors (Lipinski definition) is 1. The first-order valence-electron chi connectivity index (χ1n) is 7.73. The van der Waals surface area contributed by atoms with Crippen LogP contribution in [0.15, 0.2) is 18.2 Å². The summed E-state index contributed by atoms with van der Waals surface area (Å²) >= 11 is 1.23. The largest absolute Gasteiger partial charge is 0.481 e. The van der Waals surface area contributed by atoms with Crippen LogP contribution in [-0.4, -0.2) is 42.1 Å². The zero-order valence-electron chi connectivity index (χ0n) is 13.3. The molecule has 1 aliphatic heterocycles. The zero-order valence-corrected chi connectivity index (χ0v) is 14.1. The lowest BCUT2D eigenvalue weighted by atomic mass is 9.98. The number of piperidine rings is 1. The van der Waals surface area contributed by atoms with Crippen molar-refractivity contribution in [1.29, 1.82) is 0 Å². The summed E-state index contributed by atoms with van der Waals surface area (Å²) in [6.07, 6.45) is 1.23. The summed E-state index contributed by atoms with van der Waals surface area (Å²) in [4.78, 5) is 26.1. The van der Waals surface area contributed by atoms with Crippen LogP contribution in [0.5, 0.6) is 0 Å². The number of aliphatic carboxylic acids is 1. The maximum Gasteiger partial charge on any atom is 0.308 e. The van der Waals surface area contributed by atoms with E-state index in [-0.39, 0.29) is 24.9 Å². The highest BCUT2D eigenvalue weighted by molar-refractivity contribution is 7.21. The number of thiophene rings is 1. The van der Waals surface area contributed by atoms with Gasteiger partial charge in [0.1, 0.15) is 5.82 Å². The predicted octanol–water partition coefficient (Wildman–Crippen LogP) is 3.12. The van der Waals surface area contributed by atoms with Gasteiger partial charge in [-0.2, -0.15) is 0 Å². The molecule has 0 radical (unpaired) electrons. The van der Waals surface area contributed by atoms with Gasteiger partial charge >= 0.3 is 5.97 Å². The number of carbonyl (C=O) groups excluding carboxylic acids is 1. The van der Waals surface area contributed by atoms with Crippen LogP contribution >= 0.6 is 11.3 Å². The van der Waals surface area contributed by atoms with Crippen molar-refractivity contribution in [2.24, 2.45) is 5.92 Å². The number of likely N-dealkylation sites (tertiary alicyclic amines) is 1. The van der Waals surface area contributed by atoms with Crippen LogP contribution in [0.1, 0.15) is 28.1 Å². The van der Waals surface area contributed by atoms with E-state index in [2.05, 4.69) is 0 Å². The van der Waals surface area contributed by atoms with E-state index in [1.807, 2.05) is 0 Å². The molecule has 0 saturated carbocycles.